The van der Waals surface area contributed by atoms with Crippen molar-refractivity contribution < 1.29 is 19.4 Å². The van der Waals surface area contributed by atoms with Crippen LogP contribution in [0.1, 0.15) is 65.6 Å². The number of unbranched alkanes of at least 4 members (excludes halogenated alkanes) is 3. The van der Waals surface area contributed by atoms with E-state index in [9.17, 15) is 9.59 Å². The van der Waals surface area contributed by atoms with E-state index in [1.165, 1.54) is 42.6 Å². The van der Waals surface area contributed by atoms with Gasteiger partial charge < -0.3 is 9.84 Å². The zero-order valence-corrected chi connectivity index (χ0v) is 17.7. The average Bonchev–Trinajstić information content (AvgIpc) is 3.33. The van der Waals surface area contributed by atoms with E-state index in [4.69, 9.17) is 9.84 Å². The number of carboxylic acids is 1. The lowest BCUT2D eigenvalue weighted by Gasteiger charge is -2.23. The molecule has 1 saturated heterocycles. The minimum atomic E-state index is -0.883. The Morgan fingerprint density at radius 1 is 1.10 bits per heavy atom. The first-order chi connectivity index (χ1) is 14.1. The van der Waals surface area contributed by atoms with E-state index in [0.717, 1.165) is 36.2 Å². The monoisotopic (exact) mass is 415 g/mol. The van der Waals surface area contributed by atoms with Gasteiger partial charge in [-0.15, -0.1) is 11.3 Å². The molecule has 2 heterocycles. The second-order valence-corrected chi connectivity index (χ2v) is 8.64. The molecule has 1 amide bonds. The molecule has 1 N–H and O–H groups in total. The summed E-state index contributed by atoms with van der Waals surface area (Å²) in [6, 6.07) is 11.8. The van der Waals surface area contributed by atoms with Gasteiger partial charge >= 0.3 is 5.97 Å². The number of aryl methyl sites for hydroxylation is 2. The molecule has 3 rings (SSSR count). The minimum Gasteiger partial charge on any atom is -0.477 e. The van der Waals surface area contributed by atoms with Crippen molar-refractivity contribution in [2.24, 2.45) is 0 Å². The van der Waals surface area contributed by atoms with E-state index in [0.29, 0.717) is 4.88 Å². The fourth-order valence-corrected chi connectivity index (χ4v) is 4.54. The summed E-state index contributed by atoms with van der Waals surface area (Å²) in [7, 11) is 0. The van der Waals surface area contributed by atoms with Gasteiger partial charge in [-0.1, -0.05) is 38.3 Å². The minimum absolute atomic E-state index is 0.00465. The van der Waals surface area contributed by atoms with Crippen LogP contribution in [0, 0.1) is 0 Å². The molecule has 1 aromatic heterocycles. The van der Waals surface area contributed by atoms with Gasteiger partial charge in [-0.05, 0) is 61.9 Å². The van der Waals surface area contributed by atoms with Gasteiger partial charge in [0.05, 0.1) is 0 Å². The molecule has 2 aromatic rings. The number of ether oxygens (including phenoxy) is 1. The lowest BCUT2D eigenvalue weighted by molar-refractivity contribution is -0.117. The molecule has 0 unspecified atom stereocenters. The molecule has 29 heavy (non-hydrogen) atoms. The molecule has 6 heteroatoms. The Balaban J connectivity index is 1.53. The van der Waals surface area contributed by atoms with Crippen molar-refractivity contribution in [2.45, 2.75) is 64.5 Å². The Morgan fingerprint density at radius 2 is 1.90 bits per heavy atom. The van der Waals surface area contributed by atoms with Gasteiger partial charge in [0.1, 0.15) is 17.7 Å². The number of carbonyl (C=O) groups excluding carboxylic acids is 1. The van der Waals surface area contributed by atoms with Crippen LogP contribution in [0.25, 0.3) is 0 Å². The highest BCUT2D eigenvalue weighted by Gasteiger charge is 2.32. The number of thiophene rings is 1. The molecule has 0 aliphatic carbocycles. The van der Waals surface area contributed by atoms with Crippen molar-refractivity contribution >= 4 is 28.9 Å². The maximum absolute atomic E-state index is 12.4. The molecule has 156 valence electrons. The number of carbonyl (C=O) groups is 2. The van der Waals surface area contributed by atoms with Crippen molar-refractivity contribution in [2.75, 3.05) is 11.5 Å². The highest BCUT2D eigenvalue weighted by atomic mass is 32.1. The van der Waals surface area contributed by atoms with E-state index in [-0.39, 0.29) is 18.7 Å². The summed E-state index contributed by atoms with van der Waals surface area (Å²) >= 11 is 1.31. The Bertz CT molecular complexity index is 815. The van der Waals surface area contributed by atoms with Crippen molar-refractivity contribution in [3.05, 3.63) is 51.7 Å². The van der Waals surface area contributed by atoms with Crippen molar-refractivity contribution in [3.8, 4) is 0 Å². The second-order valence-electron chi connectivity index (χ2n) is 7.47. The molecule has 1 fully saturated rings. The van der Waals surface area contributed by atoms with Gasteiger partial charge in [-0.2, -0.15) is 0 Å². The van der Waals surface area contributed by atoms with Crippen LogP contribution >= 0.6 is 11.3 Å². The Labute approximate surface area is 176 Å². The van der Waals surface area contributed by atoms with Gasteiger partial charge in [0.25, 0.3) is 5.91 Å². The predicted octanol–water partition coefficient (Wildman–Crippen LogP) is 5.28. The predicted molar refractivity (Wildman–Crippen MR) is 116 cm³/mol. The van der Waals surface area contributed by atoms with Gasteiger partial charge in [0, 0.05) is 10.6 Å². The first-order valence-corrected chi connectivity index (χ1v) is 11.2. The van der Waals surface area contributed by atoms with E-state index >= 15 is 0 Å². The number of rotatable bonds is 11. The molecule has 0 radical (unpaired) electrons. The van der Waals surface area contributed by atoms with Crippen LogP contribution in [0.2, 0.25) is 0 Å². The van der Waals surface area contributed by atoms with Crippen molar-refractivity contribution in [1.29, 1.82) is 0 Å². The first-order valence-electron chi connectivity index (χ1n) is 10.4. The zero-order valence-electron chi connectivity index (χ0n) is 16.9. The fraction of sp³-hybridized carbons (Fsp3) is 0.478. The van der Waals surface area contributed by atoms with Gasteiger partial charge in [-0.3, -0.25) is 9.69 Å². The van der Waals surface area contributed by atoms with E-state index < -0.39 is 5.97 Å². The lowest BCUT2D eigenvalue weighted by atomic mass is 10.1. The summed E-state index contributed by atoms with van der Waals surface area (Å²) in [5.74, 6) is -0.888. The summed E-state index contributed by atoms with van der Waals surface area (Å²) in [6.45, 7) is 2.33. The molecule has 1 aromatic carbocycles. The third-order valence-electron chi connectivity index (χ3n) is 5.24. The number of nitrogens with zero attached hydrogens (tertiary/aromatic N) is 1. The molecule has 0 saturated carbocycles. The standard InChI is InChI=1S/C23H29NO4S/c1-2-3-4-5-7-17-10-12-18(13-11-17)24-21(25)16-28-22(24)9-6-8-19-14-15-20(29-19)23(26)27/h10-15,22H,2-9,16H2,1H3,(H,26,27)/t22-/m1/s1. The number of anilines is 1. The highest BCUT2D eigenvalue weighted by Crippen LogP contribution is 2.27. The quantitative estimate of drug-likeness (QED) is 0.507. The molecule has 1 atom stereocenters. The number of benzene rings is 1. The van der Waals surface area contributed by atoms with Crippen LogP contribution in [-0.4, -0.2) is 29.8 Å². The maximum Gasteiger partial charge on any atom is 0.345 e. The van der Waals surface area contributed by atoms with E-state index in [1.54, 1.807) is 11.0 Å². The topological polar surface area (TPSA) is 66.8 Å². The third kappa shape index (κ3) is 5.90. The number of amides is 1. The van der Waals surface area contributed by atoms with E-state index in [2.05, 4.69) is 19.1 Å². The van der Waals surface area contributed by atoms with Crippen LogP contribution < -0.4 is 4.90 Å². The molecule has 0 spiro atoms. The Hall–Kier alpha value is -2.18. The van der Waals surface area contributed by atoms with Crippen LogP contribution in [0.15, 0.2) is 36.4 Å². The van der Waals surface area contributed by atoms with Crippen molar-refractivity contribution in [1.82, 2.24) is 0 Å². The fourth-order valence-electron chi connectivity index (χ4n) is 3.65. The summed E-state index contributed by atoms with van der Waals surface area (Å²) in [5.41, 5.74) is 2.19. The van der Waals surface area contributed by atoms with E-state index in [1.807, 2.05) is 18.2 Å². The number of hydrogen-bond donors (Lipinski definition) is 1. The normalized spacial score (nSPS) is 16.5. The van der Waals surface area contributed by atoms with Gasteiger partial charge in [0.15, 0.2) is 0 Å². The smallest absolute Gasteiger partial charge is 0.345 e. The second kappa shape index (κ2) is 10.6. The van der Waals surface area contributed by atoms with Crippen LogP contribution in [0.5, 0.6) is 0 Å². The van der Waals surface area contributed by atoms with Gasteiger partial charge in [0.2, 0.25) is 0 Å². The SMILES string of the molecule is CCCCCCc1ccc(N2C(=O)CO[C@@H]2CCCc2ccc(C(=O)O)s2)cc1. The summed E-state index contributed by atoms with van der Waals surface area (Å²) in [5, 5.41) is 9.02. The molecule has 0 bridgehead atoms. The van der Waals surface area contributed by atoms with Crippen LogP contribution in [-0.2, 0) is 22.4 Å². The molecular formula is C23H29NO4S. The highest BCUT2D eigenvalue weighted by molar-refractivity contribution is 7.13. The summed E-state index contributed by atoms with van der Waals surface area (Å²) in [4.78, 5) is 26.5. The summed E-state index contributed by atoms with van der Waals surface area (Å²) < 4.78 is 5.72. The number of aromatic carboxylic acids is 1. The average molecular weight is 416 g/mol. The third-order valence-corrected chi connectivity index (χ3v) is 6.37. The van der Waals surface area contributed by atoms with Crippen molar-refractivity contribution in [3.63, 3.8) is 0 Å². The van der Waals surface area contributed by atoms with Gasteiger partial charge in [-0.25, -0.2) is 4.79 Å². The molecule has 1 aliphatic rings. The molecule has 5 nitrogen and oxygen atoms in total. The Kier molecular flexibility index (Phi) is 7.83. The summed E-state index contributed by atoms with van der Waals surface area (Å²) in [6.07, 6.45) is 8.16. The largest absolute Gasteiger partial charge is 0.477 e. The number of carboxylic acid groups (broad SMARTS) is 1. The lowest BCUT2D eigenvalue weighted by Crippen LogP contribution is -2.33. The van der Waals surface area contributed by atoms with Crippen LogP contribution in [0.4, 0.5) is 5.69 Å². The van der Waals surface area contributed by atoms with Crippen LogP contribution in [0.3, 0.4) is 0 Å². The first kappa shape index (κ1) is 21.5. The zero-order chi connectivity index (χ0) is 20.6. The molecular weight excluding hydrogens is 386 g/mol. The number of hydrogen-bond acceptors (Lipinski definition) is 4. The Morgan fingerprint density at radius 3 is 2.59 bits per heavy atom. The molecule has 1 aliphatic heterocycles. The maximum atomic E-state index is 12.4.